The van der Waals surface area contributed by atoms with Crippen molar-refractivity contribution in [3.63, 3.8) is 0 Å². The van der Waals surface area contributed by atoms with Crippen molar-refractivity contribution in [2.24, 2.45) is 0 Å². The molecule has 1 aromatic rings. The zero-order valence-corrected chi connectivity index (χ0v) is 12.9. The lowest BCUT2D eigenvalue weighted by atomic mass is 9.99. The number of allylic oxidation sites excluding steroid dienone is 2. The van der Waals surface area contributed by atoms with Gasteiger partial charge in [-0.25, -0.2) is 0 Å². The van der Waals surface area contributed by atoms with Crippen molar-refractivity contribution < 1.29 is 0 Å². The predicted octanol–water partition coefficient (Wildman–Crippen LogP) is 3.47. The molecule has 1 aliphatic rings. The molecule has 2 N–H and O–H groups in total. The highest BCUT2D eigenvalue weighted by molar-refractivity contribution is 5.62. The van der Waals surface area contributed by atoms with Crippen molar-refractivity contribution in [3.05, 3.63) is 11.9 Å². The second-order valence-electron chi connectivity index (χ2n) is 5.88. The third-order valence-corrected chi connectivity index (χ3v) is 3.05. The van der Waals surface area contributed by atoms with Crippen LogP contribution in [0.3, 0.4) is 0 Å². The minimum Gasteiger partial charge on any atom is -0.352 e. The van der Waals surface area contributed by atoms with E-state index in [0.717, 1.165) is 18.7 Å². The first-order valence-corrected chi connectivity index (χ1v) is 7.53. The molecule has 5 heteroatoms. The van der Waals surface area contributed by atoms with Gasteiger partial charge in [0.25, 0.3) is 0 Å². The average Bonchev–Trinajstić information content (AvgIpc) is 2.38. The van der Waals surface area contributed by atoms with E-state index >= 15 is 0 Å². The summed E-state index contributed by atoms with van der Waals surface area (Å²) in [6.45, 7) is 8.33. The van der Waals surface area contributed by atoms with Gasteiger partial charge in [-0.05, 0) is 59.0 Å². The van der Waals surface area contributed by atoms with Crippen molar-refractivity contribution in [2.75, 3.05) is 10.6 Å². The molecule has 0 saturated carbocycles. The molecule has 0 atom stereocenters. The largest absolute Gasteiger partial charge is 0.352 e. The van der Waals surface area contributed by atoms with E-state index in [-0.39, 0.29) is 0 Å². The van der Waals surface area contributed by atoms with Crippen LogP contribution in [-0.4, -0.2) is 27.0 Å². The fourth-order valence-corrected chi connectivity index (χ4v) is 2.21. The van der Waals surface area contributed by atoms with Gasteiger partial charge in [-0.3, -0.25) is 0 Å². The highest BCUT2D eigenvalue weighted by Gasteiger charge is 2.13. The molecule has 0 unspecified atom stereocenters. The Morgan fingerprint density at radius 3 is 1.95 bits per heavy atom. The quantitative estimate of drug-likeness (QED) is 0.861. The molecule has 1 aromatic heterocycles. The summed E-state index contributed by atoms with van der Waals surface area (Å²) in [5.41, 5.74) is 1.25. The van der Waals surface area contributed by atoms with E-state index < -0.39 is 0 Å². The molecule has 1 aliphatic carbocycles. The summed E-state index contributed by atoms with van der Waals surface area (Å²) in [6.07, 6.45) is 6.94. The van der Waals surface area contributed by atoms with Crippen LogP contribution in [0.2, 0.25) is 0 Å². The van der Waals surface area contributed by atoms with E-state index in [9.17, 15) is 0 Å². The van der Waals surface area contributed by atoms with Gasteiger partial charge in [0, 0.05) is 12.1 Å². The number of hydrogen-bond donors (Lipinski definition) is 2. The Kier molecular flexibility index (Phi) is 4.93. The summed E-state index contributed by atoms with van der Waals surface area (Å²) in [7, 11) is 0. The van der Waals surface area contributed by atoms with Crippen LogP contribution in [0.5, 0.6) is 0 Å². The highest BCUT2D eigenvalue weighted by Crippen LogP contribution is 2.25. The molecule has 0 radical (unpaired) electrons. The Bertz CT molecular complexity index is 451. The second-order valence-corrected chi connectivity index (χ2v) is 5.88. The number of anilines is 2. The minimum atomic E-state index is 0.303. The topological polar surface area (TPSA) is 62.7 Å². The first-order chi connectivity index (χ1) is 9.54. The Labute approximate surface area is 121 Å². The molecule has 110 valence electrons. The molecule has 2 rings (SSSR count). The van der Waals surface area contributed by atoms with E-state index in [1.165, 1.54) is 18.4 Å². The van der Waals surface area contributed by atoms with Crippen molar-refractivity contribution in [1.29, 1.82) is 0 Å². The normalized spacial score (nSPS) is 15.4. The van der Waals surface area contributed by atoms with Gasteiger partial charge in [0.1, 0.15) is 0 Å². The standard InChI is InChI=1S/C15H25N5/c1-10(2)16-14-18-13(12-8-6-5-7-9-12)19-15(20-14)17-11(3)4/h8,10-11H,5-7,9H2,1-4H3,(H2,16,17,18,19,20). The number of aromatic nitrogens is 3. The zero-order chi connectivity index (χ0) is 14.5. The van der Waals surface area contributed by atoms with Gasteiger partial charge >= 0.3 is 0 Å². The molecule has 5 nitrogen and oxygen atoms in total. The van der Waals surface area contributed by atoms with E-state index in [0.29, 0.717) is 24.0 Å². The summed E-state index contributed by atoms with van der Waals surface area (Å²) >= 11 is 0. The van der Waals surface area contributed by atoms with Crippen LogP contribution in [0.1, 0.15) is 59.2 Å². The lowest BCUT2D eigenvalue weighted by Crippen LogP contribution is -2.18. The van der Waals surface area contributed by atoms with Gasteiger partial charge in [-0.1, -0.05) is 6.08 Å². The van der Waals surface area contributed by atoms with E-state index in [1.807, 2.05) is 0 Å². The van der Waals surface area contributed by atoms with Gasteiger partial charge < -0.3 is 10.6 Å². The molecule has 0 saturated heterocycles. The SMILES string of the molecule is CC(C)Nc1nc(NC(C)C)nc(C2=CCCCC2)n1. The van der Waals surface area contributed by atoms with Gasteiger partial charge in [-0.2, -0.15) is 15.0 Å². The average molecular weight is 275 g/mol. The Morgan fingerprint density at radius 2 is 1.50 bits per heavy atom. The molecule has 0 aromatic carbocycles. The number of nitrogens with zero attached hydrogens (tertiary/aromatic N) is 3. The molecular formula is C15H25N5. The summed E-state index contributed by atoms with van der Waals surface area (Å²) < 4.78 is 0. The fraction of sp³-hybridized carbons (Fsp3) is 0.667. The van der Waals surface area contributed by atoms with Crippen LogP contribution in [-0.2, 0) is 0 Å². The van der Waals surface area contributed by atoms with Gasteiger partial charge in [0.2, 0.25) is 11.9 Å². The molecule has 0 amide bonds. The van der Waals surface area contributed by atoms with E-state index in [2.05, 4.69) is 59.4 Å². The molecule has 0 aliphatic heterocycles. The molecule has 0 fully saturated rings. The summed E-state index contributed by atoms with van der Waals surface area (Å²) in [5.74, 6) is 2.12. The second kappa shape index (κ2) is 6.68. The van der Waals surface area contributed by atoms with Crippen LogP contribution in [0.25, 0.3) is 5.57 Å². The van der Waals surface area contributed by atoms with Crippen LogP contribution in [0.4, 0.5) is 11.9 Å². The van der Waals surface area contributed by atoms with Crippen molar-refractivity contribution in [3.8, 4) is 0 Å². The van der Waals surface area contributed by atoms with Crippen LogP contribution in [0.15, 0.2) is 6.08 Å². The molecular weight excluding hydrogens is 250 g/mol. The lowest BCUT2D eigenvalue weighted by molar-refractivity contribution is 0.735. The first-order valence-electron chi connectivity index (χ1n) is 7.53. The summed E-state index contributed by atoms with van der Waals surface area (Å²) in [6, 6.07) is 0.606. The smallest absolute Gasteiger partial charge is 0.228 e. The van der Waals surface area contributed by atoms with Crippen molar-refractivity contribution >= 4 is 17.5 Å². The first kappa shape index (κ1) is 14.8. The maximum atomic E-state index is 4.56. The number of nitrogens with one attached hydrogen (secondary N) is 2. The number of hydrogen-bond acceptors (Lipinski definition) is 5. The number of rotatable bonds is 5. The molecule has 1 heterocycles. The monoisotopic (exact) mass is 275 g/mol. The summed E-state index contributed by atoms with van der Waals surface area (Å²) in [4.78, 5) is 13.6. The maximum absolute atomic E-state index is 4.56. The Balaban J connectivity index is 2.31. The van der Waals surface area contributed by atoms with Crippen molar-refractivity contribution in [2.45, 2.75) is 65.5 Å². The Morgan fingerprint density at radius 1 is 0.900 bits per heavy atom. The molecule has 0 bridgehead atoms. The Hall–Kier alpha value is -1.65. The van der Waals surface area contributed by atoms with Crippen LogP contribution < -0.4 is 10.6 Å². The van der Waals surface area contributed by atoms with Gasteiger partial charge in [0.15, 0.2) is 5.82 Å². The van der Waals surface area contributed by atoms with Gasteiger partial charge in [0.05, 0.1) is 0 Å². The predicted molar refractivity (Wildman–Crippen MR) is 83.8 cm³/mol. The van der Waals surface area contributed by atoms with Gasteiger partial charge in [-0.15, -0.1) is 0 Å². The molecule has 0 spiro atoms. The maximum Gasteiger partial charge on any atom is 0.228 e. The lowest BCUT2D eigenvalue weighted by Gasteiger charge is -2.16. The van der Waals surface area contributed by atoms with Crippen LogP contribution >= 0.6 is 0 Å². The van der Waals surface area contributed by atoms with E-state index in [4.69, 9.17) is 0 Å². The van der Waals surface area contributed by atoms with E-state index in [1.54, 1.807) is 0 Å². The molecule has 20 heavy (non-hydrogen) atoms. The summed E-state index contributed by atoms with van der Waals surface area (Å²) in [5, 5.41) is 6.54. The van der Waals surface area contributed by atoms with Crippen molar-refractivity contribution in [1.82, 2.24) is 15.0 Å². The fourth-order valence-electron chi connectivity index (χ4n) is 2.21. The third-order valence-electron chi connectivity index (χ3n) is 3.05. The van der Waals surface area contributed by atoms with Crippen LogP contribution in [0, 0.1) is 0 Å². The highest BCUT2D eigenvalue weighted by atomic mass is 15.2. The minimum absolute atomic E-state index is 0.303. The third kappa shape index (κ3) is 4.18. The zero-order valence-electron chi connectivity index (χ0n) is 12.9.